The van der Waals surface area contributed by atoms with Crippen LogP contribution in [0, 0.1) is 0 Å². The summed E-state index contributed by atoms with van der Waals surface area (Å²) in [6.45, 7) is 0.676. The Morgan fingerprint density at radius 1 is 0.821 bits per heavy atom. The predicted molar refractivity (Wildman–Crippen MR) is 113 cm³/mol. The van der Waals surface area contributed by atoms with E-state index >= 15 is 0 Å². The first kappa shape index (κ1) is 17.9. The summed E-state index contributed by atoms with van der Waals surface area (Å²) in [5, 5.41) is 0. The van der Waals surface area contributed by atoms with Crippen LogP contribution in [0.25, 0.3) is 11.3 Å². The summed E-state index contributed by atoms with van der Waals surface area (Å²) in [6.07, 6.45) is 0.730. The topological polar surface area (TPSA) is 53.1 Å². The van der Waals surface area contributed by atoms with E-state index in [0.29, 0.717) is 12.5 Å². The van der Waals surface area contributed by atoms with Crippen molar-refractivity contribution in [3.63, 3.8) is 0 Å². The van der Waals surface area contributed by atoms with Crippen molar-refractivity contribution in [2.75, 3.05) is 12.8 Å². The number of rotatable bonds is 6. The van der Waals surface area contributed by atoms with Crippen LogP contribution < -0.4 is 10.5 Å². The maximum absolute atomic E-state index is 6.36. The van der Waals surface area contributed by atoms with Gasteiger partial charge >= 0.3 is 0 Å². The van der Waals surface area contributed by atoms with Crippen LogP contribution in [-0.2, 0) is 13.0 Å². The number of hydrogen-bond acceptors (Lipinski definition) is 3. The molecule has 4 heteroatoms. The molecule has 0 saturated heterocycles. The second-order valence-corrected chi connectivity index (χ2v) is 6.73. The summed E-state index contributed by atoms with van der Waals surface area (Å²) in [4.78, 5) is 4.73. The highest BCUT2D eigenvalue weighted by atomic mass is 16.5. The molecule has 0 bridgehead atoms. The fraction of sp³-hybridized carbons (Fsp3) is 0.125. The van der Waals surface area contributed by atoms with Crippen molar-refractivity contribution in [3.8, 4) is 17.0 Å². The fourth-order valence-electron chi connectivity index (χ4n) is 3.43. The number of nitrogen functional groups attached to an aromatic ring is 1. The van der Waals surface area contributed by atoms with Crippen molar-refractivity contribution in [1.82, 2.24) is 9.55 Å². The van der Waals surface area contributed by atoms with Gasteiger partial charge in [0.05, 0.1) is 25.0 Å². The van der Waals surface area contributed by atoms with Gasteiger partial charge in [0.15, 0.2) is 0 Å². The number of anilines is 1. The maximum atomic E-state index is 6.36. The van der Waals surface area contributed by atoms with E-state index in [0.717, 1.165) is 29.1 Å². The van der Waals surface area contributed by atoms with E-state index in [1.165, 1.54) is 11.1 Å². The van der Waals surface area contributed by atoms with Gasteiger partial charge in [-0.2, -0.15) is 0 Å². The number of nitrogens with two attached hydrogens (primary N) is 1. The molecule has 4 rings (SSSR count). The fourth-order valence-corrected chi connectivity index (χ4v) is 3.43. The molecule has 28 heavy (non-hydrogen) atoms. The van der Waals surface area contributed by atoms with E-state index < -0.39 is 0 Å². The maximum Gasteiger partial charge on any atom is 0.201 e. The summed E-state index contributed by atoms with van der Waals surface area (Å²) in [5.74, 6) is 1.36. The van der Waals surface area contributed by atoms with E-state index in [1.54, 1.807) is 7.11 Å². The Morgan fingerprint density at radius 3 is 2.04 bits per heavy atom. The van der Waals surface area contributed by atoms with Gasteiger partial charge in [-0.1, -0.05) is 60.7 Å². The second-order valence-electron chi connectivity index (χ2n) is 6.73. The van der Waals surface area contributed by atoms with E-state index in [1.807, 2.05) is 48.5 Å². The van der Waals surface area contributed by atoms with Crippen LogP contribution in [-0.4, -0.2) is 16.7 Å². The Hall–Kier alpha value is -3.53. The lowest BCUT2D eigenvalue weighted by atomic mass is 10.0. The minimum absolute atomic E-state index is 0.528. The third kappa shape index (κ3) is 3.76. The number of methoxy groups -OCH3 is 1. The number of hydrogen-bond donors (Lipinski definition) is 1. The molecule has 4 nitrogen and oxygen atoms in total. The van der Waals surface area contributed by atoms with Gasteiger partial charge in [0.2, 0.25) is 5.95 Å². The average molecular weight is 369 g/mol. The molecule has 0 aliphatic rings. The molecular weight excluding hydrogens is 346 g/mol. The lowest BCUT2D eigenvalue weighted by molar-refractivity contribution is 0.415. The molecule has 2 N–H and O–H groups in total. The predicted octanol–water partition coefficient (Wildman–Crippen LogP) is 4.78. The molecule has 0 atom stereocenters. The van der Waals surface area contributed by atoms with Crippen LogP contribution in [0.5, 0.6) is 5.75 Å². The lowest BCUT2D eigenvalue weighted by Gasteiger charge is -2.12. The molecule has 0 amide bonds. The lowest BCUT2D eigenvalue weighted by Crippen LogP contribution is -2.06. The van der Waals surface area contributed by atoms with Gasteiger partial charge < -0.3 is 15.0 Å². The number of ether oxygens (including phenoxy) is 1. The molecule has 0 spiro atoms. The highest BCUT2D eigenvalue weighted by Gasteiger charge is 2.18. The highest BCUT2D eigenvalue weighted by Crippen LogP contribution is 2.30. The van der Waals surface area contributed by atoms with Gasteiger partial charge in [0.1, 0.15) is 5.75 Å². The van der Waals surface area contributed by atoms with Crippen LogP contribution in [0.4, 0.5) is 5.95 Å². The molecule has 0 unspecified atom stereocenters. The number of nitrogens with zero attached hydrogens (tertiary/aromatic N) is 2. The molecule has 1 aromatic heterocycles. The Morgan fingerprint density at radius 2 is 1.43 bits per heavy atom. The van der Waals surface area contributed by atoms with Crippen LogP contribution in [0.15, 0.2) is 84.9 Å². The standard InChI is InChI=1S/C24H23N3O/c1-28-21-14-12-20(13-15-21)23-22(16-18-8-4-2-5-9-18)26-24(25)27(23)17-19-10-6-3-7-11-19/h2-15H,16-17H2,1H3,(H2,25,26). The van der Waals surface area contributed by atoms with Gasteiger partial charge in [-0.3, -0.25) is 0 Å². The first-order valence-corrected chi connectivity index (χ1v) is 9.32. The molecule has 3 aromatic carbocycles. The smallest absolute Gasteiger partial charge is 0.201 e. The van der Waals surface area contributed by atoms with E-state index in [9.17, 15) is 0 Å². The Balaban J connectivity index is 1.80. The van der Waals surface area contributed by atoms with Gasteiger partial charge in [0, 0.05) is 12.0 Å². The number of aromatic nitrogens is 2. The van der Waals surface area contributed by atoms with Gasteiger partial charge in [0.25, 0.3) is 0 Å². The molecule has 140 valence electrons. The quantitative estimate of drug-likeness (QED) is 0.532. The highest BCUT2D eigenvalue weighted by molar-refractivity contribution is 5.66. The SMILES string of the molecule is COc1ccc(-c2c(Cc3ccccc3)nc(N)n2Cc2ccccc2)cc1. The minimum atomic E-state index is 0.528. The first-order chi connectivity index (χ1) is 13.7. The Kier molecular flexibility index (Phi) is 5.11. The summed E-state index contributed by atoms with van der Waals surface area (Å²) in [6, 6.07) is 28.7. The van der Waals surface area contributed by atoms with Gasteiger partial charge in [-0.05, 0) is 35.4 Å². The number of benzene rings is 3. The van der Waals surface area contributed by atoms with Crippen molar-refractivity contribution >= 4 is 5.95 Å². The zero-order chi connectivity index (χ0) is 19.3. The van der Waals surface area contributed by atoms with Crippen molar-refractivity contribution in [2.24, 2.45) is 0 Å². The monoisotopic (exact) mass is 369 g/mol. The van der Waals surface area contributed by atoms with Crippen LogP contribution >= 0.6 is 0 Å². The van der Waals surface area contributed by atoms with Crippen molar-refractivity contribution in [3.05, 3.63) is 102 Å². The largest absolute Gasteiger partial charge is 0.497 e. The molecule has 0 saturated carbocycles. The molecular formula is C24H23N3O. The summed E-state index contributed by atoms with van der Waals surface area (Å²) >= 11 is 0. The number of imidazole rings is 1. The third-order valence-electron chi connectivity index (χ3n) is 4.83. The zero-order valence-corrected chi connectivity index (χ0v) is 15.9. The van der Waals surface area contributed by atoms with Crippen LogP contribution in [0.1, 0.15) is 16.8 Å². The summed E-state index contributed by atoms with van der Waals surface area (Å²) < 4.78 is 7.41. The third-order valence-corrected chi connectivity index (χ3v) is 4.83. The second kappa shape index (κ2) is 8.01. The van der Waals surface area contributed by atoms with E-state index in [-0.39, 0.29) is 0 Å². The normalized spacial score (nSPS) is 10.8. The van der Waals surface area contributed by atoms with Crippen molar-refractivity contribution in [1.29, 1.82) is 0 Å². The molecule has 0 fully saturated rings. The Bertz CT molecular complexity index is 1040. The van der Waals surface area contributed by atoms with Gasteiger partial charge in [-0.15, -0.1) is 0 Å². The van der Waals surface area contributed by atoms with E-state index in [2.05, 4.69) is 41.0 Å². The first-order valence-electron chi connectivity index (χ1n) is 9.32. The molecule has 0 aliphatic carbocycles. The molecule has 1 heterocycles. The average Bonchev–Trinajstić information content (AvgIpc) is 3.04. The molecule has 0 radical (unpaired) electrons. The minimum Gasteiger partial charge on any atom is -0.497 e. The van der Waals surface area contributed by atoms with Crippen molar-refractivity contribution in [2.45, 2.75) is 13.0 Å². The summed E-state index contributed by atoms with van der Waals surface area (Å²) in [7, 11) is 1.67. The zero-order valence-electron chi connectivity index (χ0n) is 15.9. The Labute approximate surface area is 165 Å². The molecule has 0 aliphatic heterocycles. The van der Waals surface area contributed by atoms with Crippen LogP contribution in [0.2, 0.25) is 0 Å². The summed E-state index contributed by atoms with van der Waals surface area (Å²) in [5.41, 5.74) is 11.9. The van der Waals surface area contributed by atoms with Gasteiger partial charge in [-0.25, -0.2) is 4.98 Å². The van der Waals surface area contributed by atoms with E-state index in [4.69, 9.17) is 15.5 Å². The molecule has 4 aromatic rings. The van der Waals surface area contributed by atoms with Crippen molar-refractivity contribution < 1.29 is 4.74 Å². The van der Waals surface area contributed by atoms with Crippen LogP contribution in [0.3, 0.4) is 0 Å².